The molecule has 4 heteroatoms. The first-order valence-corrected chi connectivity index (χ1v) is 5.48. The third-order valence-electron chi connectivity index (χ3n) is 2.14. The number of nitrogens with zero attached hydrogens (tertiary/aromatic N) is 1. The van der Waals surface area contributed by atoms with Crippen molar-refractivity contribution in [1.29, 1.82) is 0 Å². The molecular formula is C11H24N2O2. The molecule has 2 N–H and O–H groups in total. The molecule has 0 heterocycles. The van der Waals surface area contributed by atoms with E-state index in [1.54, 1.807) is 12.0 Å². The lowest BCUT2D eigenvalue weighted by Crippen LogP contribution is -2.40. The summed E-state index contributed by atoms with van der Waals surface area (Å²) in [7, 11) is 1.67. The average molecular weight is 216 g/mol. The Morgan fingerprint density at radius 2 is 2.00 bits per heavy atom. The monoisotopic (exact) mass is 216 g/mol. The van der Waals surface area contributed by atoms with Crippen LogP contribution in [0.15, 0.2) is 0 Å². The molecule has 0 saturated heterocycles. The van der Waals surface area contributed by atoms with Crippen molar-refractivity contribution in [3.8, 4) is 0 Å². The summed E-state index contributed by atoms with van der Waals surface area (Å²) in [5.74, 6) is 0.842. The van der Waals surface area contributed by atoms with Crippen LogP contribution in [-0.2, 0) is 9.53 Å². The second-order valence-corrected chi connectivity index (χ2v) is 4.46. The molecule has 0 fully saturated rings. The van der Waals surface area contributed by atoms with Gasteiger partial charge < -0.3 is 15.4 Å². The Hall–Kier alpha value is -0.610. The Bertz CT molecular complexity index is 183. The van der Waals surface area contributed by atoms with Crippen molar-refractivity contribution in [2.75, 3.05) is 26.9 Å². The predicted octanol–water partition coefficient (Wildman–Crippen LogP) is 1.06. The minimum absolute atomic E-state index is 0.135. The fourth-order valence-electron chi connectivity index (χ4n) is 1.47. The van der Waals surface area contributed by atoms with Gasteiger partial charge >= 0.3 is 0 Å². The van der Waals surface area contributed by atoms with Crippen LogP contribution in [-0.4, -0.2) is 37.7 Å². The van der Waals surface area contributed by atoms with E-state index in [4.69, 9.17) is 10.5 Å². The maximum absolute atomic E-state index is 11.7. The van der Waals surface area contributed by atoms with Gasteiger partial charge in [0.15, 0.2) is 0 Å². The van der Waals surface area contributed by atoms with Gasteiger partial charge in [-0.25, -0.2) is 0 Å². The summed E-state index contributed by atoms with van der Waals surface area (Å²) in [6.45, 7) is 7.74. The van der Waals surface area contributed by atoms with Crippen LogP contribution in [0.5, 0.6) is 0 Å². The highest BCUT2D eigenvalue weighted by molar-refractivity contribution is 5.76. The first-order valence-electron chi connectivity index (χ1n) is 5.48. The number of rotatable bonds is 7. The van der Waals surface area contributed by atoms with E-state index in [1.807, 2.05) is 13.8 Å². The van der Waals surface area contributed by atoms with Crippen LogP contribution in [0.2, 0.25) is 0 Å². The zero-order valence-corrected chi connectivity index (χ0v) is 10.3. The van der Waals surface area contributed by atoms with Gasteiger partial charge in [-0.05, 0) is 11.8 Å². The van der Waals surface area contributed by atoms with Crippen molar-refractivity contribution in [3.63, 3.8) is 0 Å². The van der Waals surface area contributed by atoms with E-state index in [9.17, 15) is 4.79 Å². The number of ether oxygens (including phenoxy) is 1. The van der Waals surface area contributed by atoms with Crippen molar-refractivity contribution < 1.29 is 9.53 Å². The highest BCUT2D eigenvalue weighted by atomic mass is 16.5. The van der Waals surface area contributed by atoms with Gasteiger partial charge in [-0.2, -0.15) is 0 Å². The summed E-state index contributed by atoms with van der Waals surface area (Å²) in [6, 6.07) is 0. The van der Waals surface area contributed by atoms with E-state index >= 15 is 0 Å². The topological polar surface area (TPSA) is 55.6 Å². The Labute approximate surface area is 92.8 Å². The lowest BCUT2D eigenvalue weighted by atomic mass is 10.1. The molecule has 0 aromatic heterocycles. The van der Waals surface area contributed by atoms with Crippen LogP contribution in [0.1, 0.15) is 27.2 Å². The zero-order chi connectivity index (χ0) is 11.8. The van der Waals surface area contributed by atoms with Crippen LogP contribution < -0.4 is 5.73 Å². The van der Waals surface area contributed by atoms with Crippen molar-refractivity contribution in [1.82, 2.24) is 4.90 Å². The zero-order valence-electron chi connectivity index (χ0n) is 10.3. The van der Waals surface area contributed by atoms with Crippen molar-refractivity contribution in [2.24, 2.45) is 17.6 Å². The number of carbonyl (C=O) groups is 1. The summed E-state index contributed by atoms with van der Waals surface area (Å²) in [6.07, 6.45) is 0.566. The highest BCUT2D eigenvalue weighted by Gasteiger charge is 2.15. The number of hydrogen-bond donors (Lipinski definition) is 1. The van der Waals surface area contributed by atoms with E-state index < -0.39 is 0 Å². The van der Waals surface area contributed by atoms with E-state index in [0.717, 1.165) is 0 Å². The second-order valence-electron chi connectivity index (χ2n) is 4.46. The van der Waals surface area contributed by atoms with Crippen LogP contribution in [0.4, 0.5) is 0 Å². The van der Waals surface area contributed by atoms with Gasteiger partial charge in [-0.1, -0.05) is 20.8 Å². The number of amides is 1. The van der Waals surface area contributed by atoms with Crippen LogP contribution in [0.25, 0.3) is 0 Å². The van der Waals surface area contributed by atoms with Gasteiger partial charge in [0.1, 0.15) is 0 Å². The molecule has 15 heavy (non-hydrogen) atoms. The lowest BCUT2D eigenvalue weighted by Gasteiger charge is -2.24. The molecule has 0 saturated carbocycles. The average Bonchev–Trinajstić information content (AvgIpc) is 2.13. The Morgan fingerprint density at radius 1 is 1.40 bits per heavy atom. The minimum atomic E-state index is 0.135. The quantitative estimate of drug-likeness (QED) is 0.647. The summed E-state index contributed by atoms with van der Waals surface area (Å²) in [4.78, 5) is 13.4. The van der Waals surface area contributed by atoms with Crippen molar-refractivity contribution >= 4 is 5.91 Å². The van der Waals surface area contributed by atoms with Crippen LogP contribution >= 0.6 is 0 Å². The molecule has 4 nitrogen and oxygen atoms in total. The Kier molecular flexibility index (Phi) is 7.34. The summed E-state index contributed by atoms with van der Waals surface area (Å²) in [5, 5.41) is 0. The van der Waals surface area contributed by atoms with E-state index in [-0.39, 0.29) is 5.91 Å². The summed E-state index contributed by atoms with van der Waals surface area (Å²) >= 11 is 0. The molecule has 90 valence electrons. The molecule has 0 aliphatic heterocycles. The molecule has 0 aromatic rings. The number of methoxy groups -OCH3 is 1. The predicted molar refractivity (Wildman–Crippen MR) is 61.3 cm³/mol. The fraction of sp³-hybridized carbons (Fsp3) is 0.909. The minimum Gasteiger partial charge on any atom is -0.384 e. The van der Waals surface area contributed by atoms with Crippen molar-refractivity contribution in [2.45, 2.75) is 27.2 Å². The smallest absolute Gasteiger partial charge is 0.223 e. The molecule has 0 radical (unpaired) electrons. The second kappa shape index (κ2) is 7.65. The maximum Gasteiger partial charge on any atom is 0.223 e. The molecule has 0 rings (SSSR count). The van der Waals surface area contributed by atoms with Gasteiger partial charge in [0, 0.05) is 20.1 Å². The summed E-state index contributed by atoms with van der Waals surface area (Å²) in [5.41, 5.74) is 5.56. The SMILES string of the molecule is COCC(C)CN(CN)C(=O)CC(C)C. The third-order valence-corrected chi connectivity index (χ3v) is 2.14. The largest absolute Gasteiger partial charge is 0.384 e. The van der Waals surface area contributed by atoms with Crippen LogP contribution in [0, 0.1) is 11.8 Å². The Morgan fingerprint density at radius 3 is 2.40 bits per heavy atom. The Balaban J connectivity index is 4.05. The first kappa shape index (κ1) is 14.4. The van der Waals surface area contributed by atoms with E-state index in [2.05, 4.69) is 6.92 Å². The molecule has 0 bridgehead atoms. The molecule has 0 spiro atoms. The van der Waals surface area contributed by atoms with Crippen molar-refractivity contribution in [3.05, 3.63) is 0 Å². The number of hydrogen-bond acceptors (Lipinski definition) is 3. The highest BCUT2D eigenvalue weighted by Crippen LogP contribution is 2.06. The maximum atomic E-state index is 11.7. The summed E-state index contributed by atoms with van der Waals surface area (Å²) < 4.78 is 5.03. The number of nitrogens with two attached hydrogens (primary N) is 1. The van der Waals surface area contributed by atoms with E-state index in [1.165, 1.54) is 0 Å². The fourth-order valence-corrected chi connectivity index (χ4v) is 1.47. The molecule has 1 atom stereocenters. The molecule has 1 amide bonds. The number of carbonyl (C=O) groups excluding carboxylic acids is 1. The molecule has 1 unspecified atom stereocenters. The standard InChI is InChI=1S/C11H24N2O2/c1-9(2)5-11(14)13(8-12)6-10(3)7-15-4/h9-10H,5-8,12H2,1-4H3. The van der Waals surface area contributed by atoms with Gasteiger partial charge in [0.05, 0.1) is 13.3 Å². The first-order chi connectivity index (χ1) is 7.01. The van der Waals surface area contributed by atoms with Gasteiger partial charge in [0.2, 0.25) is 5.91 Å². The molecular weight excluding hydrogens is 192 g/mol. The molecule has 0 aliphatic rings. The third kappa shape index (κ3) is 6.47. The van der Waals surface area contributed by atoms with E-state index in [0.29, 0.717) is 38.1 Å². The van der Waals surface area contributed by atoms with Gasteiger partial charge in [-0.3, -0.25) is 4.79 Å². The molecule has 0 aromatic carbocycles. The van der Waals surface area contributed by atoms with Gasteiger partial charge in [0.25, 0.3) is 0 Å². The van der Waals surface area contributed by atoms with Crippen LogP contribution in [0.3, 0.4) is 0 Å². The normalized spacial score (nSPS) is 12.9. The lowest BCUT2D eigenvalue weighted by molar-refractivity contribution is -0.132. The van der Waals surface area contributed by atoms with Gasteiger partial charge in [-0.15, -0.1) is 0 Å². The molecule has 0 aliphatic carbocycles.